The Labute approximate surface area is 149 Å². The monoisotopic (exact) mass is 422 g/mol. The fourth-order valence-corrected chi connectivity index (χ4v) is 2.61. The smallest absolute Gasteiger partial charge is 0.193 e. The fraction of sp³-hybridized carbons (Fsp3) is 0.786. The van der Waals surface area contributed by atoms with Crippen LogP contribution in [0.3, 0.4) is 0 Å². The van der Waals surface area contributed by atoms with Gasteiger partial charge in [-0.2, -0.15) is 0 Å². The second kappa shape index (κ2) is 9.98. The Morgan fingerprint density at radius 3 is 3.05 bits per heavy atom. The van der Waals surface area contributed by atoms with Crippen molar-refractivity contribution < 1.29 is 4.74 Å². The van der Waals surface area contributed by atoms with Crippen molar-refractivity contribution >= 4 is 29.9 Å². The van der Waals surface area contributed by atoms with Crippen LogP contribution in [0.1, 0.15) is 19.2 Å². The van der Waals surface area contributed by atoms with Crippen LogP contribution in [0.2, 0.25) is 0 Å². The van der Waals surface area contributed by atoms with Gasteiger partial charge in [-0.15, -0.1) is 34.2 Å². The molecule has 1 N–H and O–H groups in total. The predicted molar refractivity (Wildman–Crippen MR) is 97.7 cm³/mol. The van der Waals surface area contributed by atoms with E-state index in [4.69, 9.17) is 4.74 Å². The van der Waals surface area contributed by atoms with Crippen LogP contribution in [-0.2, 0) is 17.7 Å². The van der Waals surface area contributed by atoms with Gasteiger partial charge in [0.1, 0.15) is 12.2 Å². The van der Waals surface area contributed by atoms with Gasteiger partial charge in [-0.3, -0.25) is 4.99 Å². The molecular weight excluding hydrogens is 395 g/mol. The zero-order valence-electron chi connectivity index (χ0n) is 13.7. The highest BCUT2D eigenvalue weighted by molar-refractivity contribution is 14.0. The van der Waals surface area contributed by atoms with E-state index in [1.165, 1.54) is 0 Å². The molecule has 0 radical (unpaired) electrons. The molecule has 126 valence electrons. The van der Waals surface area contributed by atoms with E-state index in [1.54, 1.807) is 6.33 Å². The largest absolute Gasteiger partial charge is 0.381 e. The number of nitrogens with one attached hydrogen (secondary N) is 1. The van der Waals surface area contributed by atoms with Crippen LogP contribution in [0.25, 0.3) is 0 Å². The maximum atomic E-state index is 5.42. The van der Waals surface area contributed by atoms with E-state index < -0.39 is 0 Å². The molecule has 7 nitrogen and oxygen atoms in total. The van der Waals surface area contributed by atoms with Gasteiger partial charge in [0, 0.05) is 52.7 Å². The third-order valence-electron chi connectivity index (χ3n) is 3.78. The predicted octanol–water partition coefficient (Wildman–Crippen LogP) is 1.00. The van der Waals surface area contributed by atoms with E-state index in [-0.39, 0.29) is 24.0 Å². The number of guanidine groups is 1. The van der Waals surface area contributed by atoms with Crippen LogP contribution in [-0.4, -0.2) is 66.0 Å². The number of hydrogen-bond donors (Lipinski definition) is 1. The Balaban J connectivity index is 0.00000242. The van der Waals surface area contributed by atoms with Crippen molar-refractivity contribution in [2.45, 2.75) is 26.3 Å². The zero-order valence-corrected chi connectivity index (χ0v) is 16.0. The summed E-state index contributed by atoms with van der Waals surface area (Å²) in [6.07, 6.45) is 3.82. The maximum absolute atomic E-state index is 5.42. The number of aryl methyl sites for hydroxylation is 1. The molecule has 0 bridgehead atoms. The van der Waals surface area contributed by atoms with Gasteiger partial charge >= 0.3 is 0 Å². The topological polar surface area (TPSA) is 67.6 Å². The molecule has 22 heavy (non-hydrogen) atoms. The number of halogens is 1. The maximum Gasteiger partial charge on any atom is 0.193 e. The van der Waals surface area contributed by atoms with Gasteiger partial charge in [0.15, 0.2) is 5.96 Å². The molecule has 1 unspecified atom stereocenters. The minimum atomic E-state index is 0. The summed E-state index contributed by atoms with van der Waals surface area (Å²) in [5.74, 6) is 2.55. The molecule has 1 aliphatic heterocycles. The molecule has 1 saturated heterocycles. The van der Waals surface area contributed by atoms with Crippen LogP contribution in [0.5, 0.6) is 0 Å². The Kier molecular flexibility index (Phi) is 8.69. The molecule has 8 heteroatoms. The molecule has 0 spiro atoms. The van der Waals surface area contributed by atoms with Gasteiger partial charge < -0.3 is 19.5 Å². The van der Waals surface area contributed by atoms with Crippen molar-refractivity contribution in [2.24, 2.45) is 10.9 Å². The molecule has 0 aromatic carbocycles. The van der Waals surface area contributed by atoms with Gasteiger partial charge in [0.05, 0.1) is 6.61 Å². The van der Waals surface area contributed by atoms with E-state index in [2.05, 4.69) is 43.9 Å². The number of aliphatic imine (C=N–C) groups is 1. The lowest BCUT2D eigenvalue weighted by molar-refractivity contribution is 0.181. The molecular formula is C14H27IN6O. The molecule has 2 rings (SSSR count). The molecule has 0 amide bonds. The first-order valence-corrected chi connectivity index (χ1v) is 7.60. The highest BCUT2D eigenvalue weighted by atomic mass is 127. The fourth-order valence-electron chi connectivity index (χ4n) is 2.61. The summed E-state index contributed by atoms with van der Waals surface area (Å²) in [5.41, 5.74) is 0. The van der Waals surface area contributed by atoms with Crippen molar-refractivity contribution in [3.05, 3.63) is 12.2 Å². The first kappa shape index (κ1) is 19.1. The molecule has 1 fully saturated rings. The molecule has 0 aliphatic carbocycles. The van der Waals surface area contributed by atoms with Crippen LogP contribution in [0, 0.1) is 5.92 Å². The number of ether oxygens (including phenoxy) is 1. The Hall–Kier alpha value is -0.900. The summed E-state index contributed by atoms with van der Waals surface area (Å²) < 4.78 is 7.50. The van der Waals surface area contributed by atoms with Gasteiger partial charge in [0.25, 0.3) is 0 Å². The lowest BCUT2D eigenvalue weighted by Gasteiger charge is -2.24. The number of aromatic nitrogens is 3. The van der Waals surface area contributed by atoms with Crippen molar-refractivity contribution in [1.82, 2.24) is 25.0 Å². The summed E-state index contributed by atoms with van der Waals surface area (Å²) in [7, 11) is 3.89. The van der Waals surface area contributed by atoms with Crippen LogP contribution in [0.15, 0.2) is 11.3 Å². The third-order valence-corrected chi connectivity index (χ3v) is 3.78. The molecule has 2 heterocycles. The summed E-state index contributed by atoms with van der Waals surface area (Å²) >= 11 is 0. The van der Waals surface area contributed by atoms with Crippen LogP contribution >= 0.6 is 24.0 Å². The lowest BCUT2D eigenvalue weighted by Crippen LogP contribution is -2.42. The summed E-state index contributed by atoms with van der Waals surface area (Å²) in [5, 5.41) is 11.4. The highest BCUT2D eigenvalue weighted by Crippen LogP contribution is 2.13. The quantitative estimate of drug-likeness (QED) is 0.421. The van der Waals surface area contributed by atoms with Gasteiger partial charge in [0.2, 0.25) is 0 Å². The minimum absolute atomic E-state index is 0. The normalized spacial score (nSPS) is 18.1. The molecule has 1 aromatic heterocycles. The standard InChI is InChI=1S/C14H26N6O.HI/c1-4-13-18-17-11-20(13)7-6-16-14(15-2)19(3)9-12-5-8-21-10-12;/h11-12H,4-10H2,1-3H3,(H,15,16);1H. The zero-order chi connectivity index (χ0) is 15.1. The van der Waals surface area contributed by atoms with Gasteiger partial charge in [-0.1, -0.05) is 6.92 Å². The van der Waals surface area contributed by atoms with Crippen LogP contribution in [0.4, 0.5) is 0 Å². The summed E-state index contributed by atoms with van der Waals surface area (Å²) in [4.78, 5) is 6.51. The number of rotatable bonds is 6. The Morgan fingerprint density at radius 2 is 2.41 bits per heavy atom. The van der Waals surface area contributed by atoms with Crippen molar-refractivity contribution in [3.8, 4) is 0 Å². The molecule has 1 aromatic rings. The second-order valence-corrected chi connectivity index (χ2v) is 5.38. The van der Waals surface area contributed by atoms with Crippen molar-refractivity contribution in [1.29, 1.82) is 0 Å². The Bertz CT molecular complexity index is 458. The first-order valence-electron chi connectivity index (χ1n) is 7.60. The highest BCUT2D eigenvalue weighted by Gasteiger charge is 2.18. The SMILES string of the molecule is CCc1nncn1CCNC(=NC)N(C)CC1CCOC1.I. The summed E-state index contributed by atoms with van der Waals surface area (Å²) in [6.45, 7) is 6.47. The molecule has 0 saturated carbocycles. The number of nitrogens with zero attached hydrogens (tertiary/aromatic N) is 5. The average molecular weight is 422 g/mol. The average Bonchev–Trinajstić information content (AvgIpc) is 3.14. The first-order chi connectivity index (χ1) is 10.2. The Morgan fingerprint density at radius 1 is 1.59 bits per heavy atom. The molecule has 1 atom stereocenters. The van der Waals surface area contributed by atoms with Crippen molar-refractivity contribution in [2.75, 3.05) is 40.4 Å². The van der Waals surface area contributed by atoms with E-state index in [0.29, 0.717) is 5.92 Å². The summed E-state index contributed by atoms with van der Waals surface area (Å²) in [6, 6.07) is 0. The van der Waals surface area contributed by atoms with E-state index in [9.17, 15) is 0 Å². The van der Waals surface area contributed by atoms with E-state index >= 15 is 0 Å². The van der Waals surface area contributed by atoms with Crippen molar-refractivity contribution in [3.63, 3.8) is 0 Å². The number of hydrogen-bond acceptors (Lipinski definition) is 4. The van der Waals surface area contributed by atoms with E-state index in [1.807, 2.05) is 7.05 Å². The lowest BCUT2D eigenvalue weighted by atomic mass is 10.1. The molecule has 1 aliphatic rings. The second-order valence-electron chi connectivity index (χ2n) is 5.38. The third kappa shape index (κ3) is 5.38. The van der Waals surface area contributed by atoms with E-state index in [0.717, 1.165) is 57.5 Å². The van der Waals surface area contributed by atoms with Crippen LogP contribution < -0.4 is 5.32 Å². The minimum Gasteiger partial charge on any atom is -0.381 e. The van der Waals surface area contributed by atoms with Gasteiger partial charge in [-0.05, 0) is 6.42 Å². The van der Waals surface area contributed by atoms with Gasteiger partial charge in [-0.25, -0.2) is 0 Å².